The van der Waals surface area contributed by atoms with E-state index in [0.29, 0.717) is 6.61 Å². The van der Waals surface area contributed by atoms with Crippen LogP contribution in [-0.4, -0.2) is 14.2 Å². The molecule has 0 heterocycles. The van der Waals surface area contributed by atoms with E-state index < -0.39 is 0 Å². The van der Waals surface area contributed by atoms with Gasteiger partial charge in [0.15, 0.2) is 0 Å². The largest absolute Gasteiger partial charge is 0.496 e. The molecule has 0 saturated carbocycles. The average Bonchev–Trinajstić information content (AvgIpc) is 2.77. The minimum Gasteiger partial charge on any atom is -0.496 e. The van der Waals surface area contributed by atoms with Gasteiger partial charge < -0.3 is 9.47 Å². The SMILES string of the molecule is COc1cc(CON)c(OC)c2c1CCC2. The Labute approximate surface area is 95.2 Å². The third-order valence-corrected chi connectivity index (χ3v) is 3.05. The fraction of sp³-hybridized carbons (Fsp3) is 0.500. The fourth-order valence-electron chi connectivity index (χ4n) is 2.40. The van der Waals surface area contributed by atoms with Gasteiger partial charge in [-0.2, -0.15) is 0 Å². The summed E-state index contributed by atoms with van der Waals surface area (Å²) in [6, 6.07) is 1.95. The molecule has 0 aliphatic heterocycles. The first kappa shape index (κ1) is 11.2. The number of nitrogens with two attached hydrogens (primary N) is 1. The number of rotatable bonds is 4. The van der Waals surface area contributed by atoms with Crippen molar-refractivity contribution < 1.29 is 14.3 Å². The lowest BCUT2D eigenvalue weighted by atomic mass is 10.0. The van der Waals surface area contributed by atoms with Crippen molar-refractivity contribution in [2.75, 3.05) is 14.2 Å². The topological polar surface area (TPSA) is 53.7 Å². The number of fused-ring (bicyclic) bond motifs is 1. The molecule has 1 aromatic rings. The van der Waals surface area contributed by atoms with Crippen molar-refractivity contribution >= 4 is 0 Å². The maximum Gasteiger partial charge on any atom is 0.128 e. The highest BCUT2D eigenvalue weighted by Gasteiger charge is 2.23. The molecule has 0 fully saturated rings. The zero-order chi connectivity index (χ0) is 11.5. The molecule has 1 aliphatic rings. The van der Waals surface area contributed by atoms with E-state index in [2.05, 4.69) is 0 Å². The molecular formula is C12H17NO3. The van der Waals surface area contributed by atoms with E-state index in [-0.39, 0.29) is 0 Å². The van der Waals surface area contributed by atoms with Gasteiger partial charge in [-0.3, -0.25) is 4.84 Å². The molecule has 1 aliphatic carbocycles. The molecule has 0 radical (unpaired) electrons. The van der Waals surface area contributed by atoms with Crippen LogP contribution in [0.2, 0.25) is 0 Å². The molecule has 88 valence electrons. The second-order valence-corrected chi connectivity index (χ2v) is 3.89. The molecule has 0 bridgehead atoms. The third-order valence-electron chi connectivity index (χ3n) is 3.05. The van der Waals surface area contributed by atoms with Crippen LogP contribution in [-0.2, 0) is 24.3 Å². The second-order valence-electron chi connectivity index (χ2n) is 3.89. The number of hydrogen-bond donors (Lipinski definition) is 1. The van der Waals surface area contributed by atoms with Gasteiger partial charge in [0.1, 0.15) is 11.5 Å². The minimum atomic E-state index is 0.340. The second kappa shape index (κ2) is 4.72. The van der Waals surface area contributed by atoms with E-state index in [0.717, 1.165) is 36.3 Å². The summed E-state index contributed by atoms with van der Waals surface area (Å²) in [5.74, 6) is 6.94. The Morgan fingerprint density at radius 2 is 1.94 bits per heavy atom. The predicted octanol–water partition coefficient (Wildman–Crippen LogP) is 1.58. The lowest BCUT2D eigenvalue weighted by Gasteiger charge is -2.15. The van der Waals surface area contributed by atoms with Gasteiger partial charge >= 0.3 is 0 Å². The molecule has 16 heavy (non-hydrogen) atoms. The van der Waals surface area contributed by atoms with E-state index in [1.54, 1.807) is 14.2 Å². The van der Waals surface area contributed by atoms with E-state index in [1.165, 1.54) is 11.1 Å². The highest BCUT2D eigenvalue weighted by Crippen LogP contribution is 2.40. The van der Waals surface area contributed by atoms with Crippen LogP contribution in [0, 0.1) is 0 Å². The number of benzene rings is 1. The van der Waals surface area contributed by atoms with Gasteiger partial charge in [-0.1, -0.05) is 0 Å². The molecule has 0 saturated heterocycles. The third kappa shape index (κ3) is 1.74. The molecule has 4 heteroatoms. The Hall–Kier alpha value is -1.26. The van der Waals surface area contributed by atoms with Gasteiger partial charge in [0.05, 0.1) is 20.8 Å². The predicted molar refractivity (Wildman–Crippen MR) is 60.5 cm³/mol. The van der Waals surface area contributed by atoms with E-state index in [4.69, 9.17) is 20.2 Å². The van der Waals surface area contributed by atoms with Crippen LogP contribution in [0.4, 0.5) is 0 Å². The van der Waals surface area contributed by atoms with E-state index in [9.17, 15) is 0 Å². The van der Waals surface area contributed by atoms with Gasteiger partial charge in [-0.15, -0.1) is 0 Å². The maximum absolute atomic E-state index is 5.45. The molecule has 0 spiro atoms. The van der Waals surface area contributed by atoms with Crippen LogP contribution in [0.3, 0.4) is 0 Å². The zero-order valence-corrected chi connectivity index (χ0v) is 9.71. The molecular weight excluding hydrogens is 206 g/mol. The summed E-state index contributed by atoms with van der Waals surface area (Å²) in [5, 5.41) is 0. The van der Waals surface area contributed by atoms with Crippen LogP contribution >= 0.6 is 0 Å². The van der Waals surface area contributed by atoms with Gasteiger partial charge in [-0.05, 0) is 25.3 Å². The van der Waals surface area contributed by atoms with Gasteiger partial charge in [0.2, 0.25) is 0 Å². The summed E-state index contributed by atoms with van der Waals surface area (Å²) in [4.78, 5) is 4.69. The van der Waals surface area contributed by atoms with Crippen molar-refractivity contribution in [2.24, 2.45) is 5.90 Å². The average molecular weight is 223 g/mol. The molecule has 4 nitrogen and oxygen atoms in total. The van der Waals surface area contributed by atoms with Crippen molar-refractivity contribution in [1.82, 2.24) is 0 Å². The van der Waals surface area contributed by atoms with E-state index >= 15 is 0 Å². The Kier molecular flexibility index (Phi) is 3.31. The van der Waals surface area contributed by atoms with Gasteiger partial charge in [0, 0.05) is 16.7 Å². The smallest absolute Gasteiger partial charge is 0.128 e. The summed E-state index contributed by atoms with van der Waals surface area (Å²) >= 11 is 0. The summed E-state index contributed by atoms with van der Waals surface area (Å²) in [7, 11) is 3.37. The zero-order valence-electron chi connectivity index (χ0n) is 9.71. The van der Waals surface area contributed by atoms with Crippen LogP contribution < -0.4 is 15.4 Å². The van der Waals surface area contributed by atoms with Gasteiger partial charge in [-0.25, -0.2) is 5.90 Å². The number of hydrogen-bond acceptors (Lipinski definition) is 4. The number of ether oxygens (including phenoxy) is 2. The first-order valence-corrected chi connectivity index (χ1v) is 5.39. The Morgan fingerprint density at radius 1 is 1.19 bits per heavy atom. The molecule has 0 unspecified atom stereocenters. The lowest BCUT2D eigenvalue weighted by molar-refractivity contribution is 0.121. The summed E-state index contributed by atoms with van der Waals surface area (Å²) in [6.45, 7) is 0.340. The monoisotopic (exact) mass is 223 g/mol. The van der Waals surface area contributed by atoms with Gasteiger partial charge in [0.25, 0.3) is 0 Å². The van der Waals surface area contributed by atoms with Crippen molar-refractivity contribution in [3.8, 4) is 11.5 Å². The van der Waals surface area contributed by atoms with Crippen molar-refractivity contribution in [3.05, 3.63) is 22.8 Å². The van der Waals surface area contributed by atoms with Crippen LogP contribution in [0.15, 0.2) is 6.07 Å². The molecule has 2 rings (SSSR count). The molecule has 0 amide bonds. The first-order chi connectivity index (χ1) is 7.81. The molecule has 0 aromatic heterocycles. The highest BCUT2D eigenvalue weighted by molar-refractivity contribution is 5.55. The summed E-state index contributed by atoms with van der Waals surface area (Å²) < 4.78 is 10.8. The summed E-state index contributed by atoms with van der Waals surface area (Å²) in [5.41, 5.74) is 3.46. The quantitative estimate of drug-likeness (QED) is 0.787. The number of methoxy groups -OCH3 is 2. The van der Waals surface area contributed by atoms with Crippen molar-refractivity contribution in [3.63, 3.8) is 0 Å². The highest BCUT2D eigenvalue weighted by atomic mass is 16.6. The molecule has 1 aromatic carbocycles. The Balaban J connectivity index is 2.53. The minimum absolute atomic E-state index is 0.340. The van der Waals surface area contributed by atoms with Crippen LogP contribution in [0.1, 0.15) is 23.1 Å². The Morgan fingerprint density at radius 3 is 2.56 bits per heavy atom. The normalized spacial score (nSPS) is 13.7. The van der Waals surface area contributed by atoms with Crippen LogP contribution in [0.5, 0.6) is 11.5 Å². The molecule has 0 atom stereocenters. The maximum atomic E-state index is 5.45. The van der Waals surface area contributed by atoms with Crippen molar-refractivity contribution in [1.29, 1.82) is 0 Å². The lowest BCUT2D eigenvalue weighted by Crippen LogP contribution is -2.04. The van der Waals surface area contributed by atoms with E-state index in [1.807, 2.05) is 6.07 Å². The standard InChI is InChI=1S/C12H17NO3/c1-14-11-6-8(7-16-13)12(15-2)10-5-3-4-9(10)11/h6H,3-5,7,13H2,1-2H3. The summed E-state index contributed by atoms with van der Waals surface area (Å²) in [6.07, 6.45) is 3.24. The molecule has 2 N–H and O–H groups in total. The van der Waals surface area contributed by atoms with Crippen molar-refractivity contribution in [2.45, 2.75) is 25.9 Å². The fourth-order valence-corrected chi connectivity index (χ4v) is 2.40. The Bertz CT molecular complexity index is 390. The van der Waals surface area contributed by atoms with Crippen LogP contribution in [0.25, 0.3) is 0 Å². The first-order valence-electron chi connectivity index (χ1n) is 5.39.